The molecule has 0 aliphatic heterocycles. The van der Waals surface area contributed by atoms with Crippen molar-refractivity contribution in [3.8, 4) is 16.3 Å². The van der Waals surface area contributed by atoms with Gasteiger partial charge >= 0.3 is 0 Å². The summed E-state index contributed by atoms with van der Waals surface area (Å²) in [5, 5.41) is 4.26. The van der Waals surface area contributed by atoms with Crippen molar-refractivity contribution in [2.24, 2.45) is 0 Å². The van der Waals surface area contributed by atoms with Crippen molar-refractivity contribution in [1.82, 2.24) is 4.98 Å². The van der Waals surface area contributed by atoms with E-state index in [1.807, 2.05) is 36.4 Å². The van der Waals surface area contributed by atoms with Crippen LogP contribution in [0, 0.1) is 6.92 Å². The van der Waals surface area contributed by atoms with E-state index in [0.717, 1.165) is 16.1 Å². The van der Waals surface area contributed by atoms with Crippen LogP contribution in [0.15, 0.2) is 66.7 Å². The number of para-hydroxylation sites is 1. The minimum Gasteiger partial charge on any atom is -0.482 e. The lowest BCUT2D eigenvalue weighted by molar-refractivity contribution is -0.118. The fourth-order valence-electron chi connectivity index (χ4n) is 2.75. The van der Waals surface area contributed by atoms with Gasteiger partial charge in [-0.3, -0.25) is 4.79 Å². The van der Waals surface area contributed by atoms with Crippen LogP contribution in [0.3, 0.4) is 0 Å². The number of aromatic nitrogens is 1. The monoisotopic (exact) mass is 408 g/mol. The van der Waals surface area contributed by atoms with Gasteiger partial charge in [0.25, 0.3) is 5.91 Å². The quantitative estimate of drug-likeness (QED) is 0.444. The predicted octanol–water partition coefficient (Wildman–Crippen LogP) is 5.94. The van der Waals surface area contributed by atoms with Gasteiger partial charge in [0, 0.05) is 11.3 Å². The largest absolute Gasteiger partial charge is 0.482 e. The summed E-state index contributed by atoms with van der Waals surface area (Å²) < 4.78 is 6.63. The Hall–Kier alpha value is -2.89. The van der Waals surface area contributed by atoms with Gasteiger partial charge in [-0.25, -0.2) is 4.98 Å². The van der Waals surface area contributed by atoms with E-state index in [4.69, 9.17) is 16.3 Å². The van der Waals surface area contributed by atoms with Crippen LogP contribution < -0.4 is 10.1 Å². The molecule has 4 nitrogen and oxygen atoms in total. The lowest BCUT2D eigenvalue weighted by atomic mass is 10.2. The first-order valence-corrected chi connectivity index (χ1v) is 9.93. The molecule has 1 heterocycles. The number of nitrogens with zero attached hydrogens (tertiary/aromatic N) is 1. The van der Waals surface area contributed by atoms with Crippen molar-refractivity contribution in [2.75, 3.05) is 11.9 Å². The highest BCUT2D eigenvalue weighted by molar-refractivity contribution is 7.21. The molecule has 28 heavy (non-hydrogen) atoms. The second-order valence-electron chi connectivity index (χ2n) is 6.33. The van der Waals surface area contributed by atoms with Gasteiger partial charge in [0.2, 0.25) is 0 Å². The number of amides is 1. The van der Waals surface area contributed by atoms with Crippen molar-refractivity contribution in [2.45, 2.75) is 6.92 Å². The van der Waals surface area contributed by atoms with E-state index in [9.17, 15) is 4.79 Å². The lowest BCUT2D eigenvalue weighted by Crippen LogP contribution is -2.20. The van der Waals surface area contributed by atoms with Crippen LogP contribution in [0.1, 0.15) is 5.56 Å². The van der Waals surface area contributed by atoms with Crippen LogP contribution in [0.2, 0.25) is 5.02 Å². The smallest absolute Gasteiger partial charge is 0.262 e. The Morgan fingerprint density at radius 3 is 2.68 bits per heavy atom. The molecular weight excluding hydrogens is 392 g/mol. The summed E-state index contributed by atoms with van der Waals surface area (Å²) in [6, 6.07) is 20.9. The molecule has 0 atom stereocenters. The van der Waals surface area contributed by atoms with Gasteiger partial charge in [-0.1, -0.05) is 29.8 Å². The topological polar surface area (TPSA) is 51.2 Å². The molecule has 0 fully saturated rings. The molecule has 6 heteroatoms. The highest BCUT2D eigenvalue weighted by Gasteiger charge is 2.09. The highest BCUT2D eigenvalue weighted by Crippen LogP contribution is 2.31. The van der Waals surface area contributed by atoms with E-state index >= 15 is 0 Å². The normalized spacial score (nSPS) is 10.8. The van der Waals surface area contributed by atoms with E-state index < -0.39 is 0 Å². The molecule has 0 aliphatic carbocycles. The molecule has 1 N–H and O–H groups in total. The zero-order chi connectivity index (χ0) is 19.5. The second kappa shape index (κ2) is 8.00. The first kappa shape index (κ1) is 18.5. The van der Waals surface area contributed by atoms with Crippen LogP contribution in [0.25, 0.3) is 20.8 Å². The third-order valence-corrected chi connectivity index (χ3v) is 5.53. The van der Waals surface area contributed by atoms with Crippen LogP contribution in [0.5, 0.6) is 5.75 Å². The molecule has 4 rings (SSSR count). The average molecular weight is 409 g/mol. The summed E-state index contributed by atoms with van der Waals surface area (Å²) in [6.07, 6.45) is 0. The third kappa shape index (κ3) is 4.16. The van der Waals surface area contributed by atoms with Crippen LogP contribution in [-0.2, 0) is 4.79 Å². The number of hydrogen-bond acceptors (Lipinski definition) is 4. The number of nitrogens with one attached hydrogen (secondary N) is 1. The predicted molar refractivity (Wildman–Crippen MR) is 115 cm³/mol. The summed E-state index contributed by atoms with van der Waals surface area (Å²) >= 11 is 7.68. The molecule has 0 radical (unpaired) electrons. The van der Waals surface area contributed by atoms with Crippen molar-refractivity contribution in [3.05, 3.63) is 77.3 Å². The number of aryl methyl sites for hydroxylation is 1. The van der Waals surface area contributed by atoms with Gasteiger partial charge in [-0.15, -0.1) is 11.3 Å². The van der Waals surface area contributed by atoms with E-state index in [1.54, 1.807) is 29.5 Å². The maximum absolute atomic E-state index is 12.1. The second-order valence-corrected chi connectivity index (χ2v) is 7.77. The molecule has 4 aromatic rings. The van der Waals surface area contributed by atoms with Crippen LogP contribution >= 0.6 is 22.9 Å². The maximum Gasteiger partial charge on any atom is 0.262 e. The first-order valence-electron chi connectivity index (χ1n) is 8.73. The van der Waals surface area contributed by atoms with E-state index in [0.29, 0.717) is 16.5 Å². The van der Waals surface area contributed by atoms with Crippen molar-refractivity contribution < 1.29 is 9.53 Å². The molecule has 0 spiro atoms. The van der Waals surface area contributed by atoms with Crippen molar-refractivity contribution in [1.29, 1.82) is 0 Å². The Kier molecular flexibility index (Phi) is 5.28. The zero-order valence-electron chi connectivity index (χ0n) is 15.1. The minimum atomic E-state index is -0.247. The Balaban J connectivity index is 1.41. The van der Waals surface area contributed by atoms with Gasteiger partial charge < -0.3 is 10.1 Å². The Bertz CT molecular complexity index is 1140. The number of carbonyl (C=O) groups is 1. The zero-order valence-corrected chi connectivity index (χ0v) is 16.7. The van der Waals surface area contributed by atoms with Crippen molar-refractivity contribution >= 4 is 44.7 Å². The molecule has 0 saturated heterocycles. The van der Waals surface area contributed by atoms with Gasteiger partial charge in [0.15, 0.2) is 6.61 Å². The van der Waals surface area contributed by atoms with E-state index in [-0.39, 0.29) is 12.5 Å². The lowest BCUT2D eigenvalue weighted by Gasteiger charge is -2.09. The molecule has 1 amide bonds. The first-order chi connectivity index (χ1) is 13.6. The number of benzene rings is 3. The van der Waals surface area contributed by atoms with E-state index in [1.165, 1.54) is 10.3 Å². The molecule has 140 valence electrons. The summed E-state index contributed by atoms with van der Waals surface area (Å²) in [7, 11) is 0. The molecule has 3 aromatic carbocycles. The number of thiazole rings is 1. The molecule has 0 unspecified atom stereocenters. The Morgan fingerprint density at radius 1 is 1.11 bits per heavy atom. The number of halogens is 1. The summed E-state index contributed by atoms with van der Waals surface area (Å²) in [4.78, 5) is 16.8. The third-order valence-electron chi connectivity index (χ3n) is 4.15. The SMILES string of the molecule is Cc1ccc2nc(-c3ccc(NC(=O)COc4ccccc4Cl)cc3)sc2c1. The molecular formula is C22H17ClN2O2S. The number of fused-ring (bicyclic) bond motifs is 1. The molecule has 0 bridgehead atoms. The van der Waals surface area contributed by atoms with Gasteiger partial charge in [-0.05, 0) is 61.0 Å². The van der Waals surface area contributed by atoms with E-state index in [2.05, 4.69) is 29.4 Å². The van der Waals surface area contributed by atoms with Gasteiger partial charge in [-0.2, -0.15) is 0 Å². The number of ether oxygens (including phenoxy) is 1. The number of carbonyl (C=O) groups excluding carboxylic acids is 1. The summed E-state index contributed by atoms with van der Waals surface area (Å²) in [5.41, 5.74) is 3.94. The van der Waals surface area contributed by atoms with Crippen LogP contribution in [-0.4, -0.2) is 17.5 Å². The van der Waals surface area contributed by atoms with Gasteiger partial charge in [0.1, 0.15) is 10.8 Å². The number of anilines is 1. The molecule has 0 aliphatic rings. The fraction of sp³-hybridized carbons (Fsp3) is 0.0909. The summed E-state index contributed by atoms with van der Waals surface area (Å²) in [5.74, 6) is 0.240. The van der Waals surface area contributed by atoms with Gasteiger partial charge in [0.05, 0.1) is 15.2 Å². The maximum atomic E-state index is 12.1. The molecule has 1 aromatic heterocycles. The molecule has 0 saturated carbocycles. The minimum absolute atomic E-state index is 0.108. The Labute approximate surface area is 171 Å². The number of hydrogen-bond donors (Lipinski definition) is 1. The summed E-state index contributed by atoms with van der Waals surface area (Å²) in [6.45, 7) is 1.97. The van der Waals surface area contributed by atoms with Crippen molar-refractivity contribution in [3.63, 3.8) is 0 Å². The Morgan fingerprint density at radius 2 is 1.89 bits per heavy atom. The standard InChI is InChI=1S/C22H17ClN2O2S/c1-14-6-11-18-20(12-14)28-22(25-18)15-7-9-16(10-8-15)24-21(26)13-27-19-5-3-2-4-17(19)23/h2-12H,13H2,1H3,(H,24,26). The average Bonchev–Trinajstić information content (AvgIpc) is 3.11. The fourth-order valence-corrected chi connectivity index (χ4v) is 4.01. The number of rotatable bonds is 5. The van der Waals surface area contributed by atoms with Crippen LogP contribution in [0.4, 0.5) is 5.69 Å². The highest BCUT2D eigenvalue weighted by atomic mass is 35.5.